The van der Waals surface area contributed by atoms with Crippen LogP contribution in [0.1, 0.15) is 6.92 Å². The van der Waals surface area contributed by atoms with Crippen molar-refractivity contribution in [3.05, 3.63) is 29.8 Å². The van der Waals surface area contributed by atoms with Crippen LogP contribution in [-0.2, 0) is 4.79 Å². The summed E-state index contributed by atoms with van der Waals surface area (Å²) in [6.07, 6.45) is 0. The number of hydrogen-bond acceptors (Lipinski definition) is 4. The standard InChI is InChI=1S/C12H15F2NO3S/c1-12(18,7-16)6-15-11(17)5-19-10-3-2-8(13)4-9(10)14/h2-4,16,18H,5-7H2,1H3,(H,15,17). The minimum absolute atomic E-state index is 0.0654. The number of carbonyl (C=O) groups excluding carboxylic acids is 1. The Labute approximate surface area is 113 Å². The van der Waals surface area contributed by atoms with E-state index in [0.29, 0.717) is 0 Å². The molecule has 0 spiro atoms. The highest BCUT2D eigenvalue weighted by Gasteiger charge is 2.19. The molecule has 0 saturated carbocycles. The van der Waals surface area contributed by atoms with Crippen LogP contribution in [0.25, 0.3) is 0 Å². The lowest BCUT2D eigenvalue weighted by atomic mass is 10.1. The number of aliphatic hydroxyl groups excluding tert-OH is 1. The van der Waals surface area contributed by atoms with E-state index < -0.39 is 29.7 Å². The van der Waals surface area contributed by atoms with Crippen LogP contribution in [0.2, 0.25) is 0 Å². The van der Waals surface area contributed by atoms with Crippen LogP contribution >= 0.6 is 11.8 Å². The predicted molar refractivity (Wildman–Crippen MR) is 67.8 cm³/mol. The molecule has 1 amide bonds. The lowest BCUT2D eigenvalue weighted by molar-refractivity contribution is -0.120. The average Bonchev–Trinajstić information content (AvgIpc) is 2.35. The summed E-state index contributed by atoms with van der Waals surface area (Å²) in [5, 5.41) is 20.7. The molecular weight excluding hydrogens is 276 g/mol. The number of aliphatic hydroxyl groups is 2. The fourth-order valence-corrected chi connectivity index (χ4v) is 1.88. The van der Waals surface area contributed by atoms with Crippen LogP contribution in [0.15, 0.2) is 23.1 Å². The zero-order valence-electron chi connectivity index (χ0n) is 10.3. The van der Waals surface area contributed by atoms with E-state index >= 15 is 0 Å². The Balaban J connectivity index is 2.42. The van der Waals surface area contributed by atoms with E-state index in [0.717, 1.165) is 23.9 Å². The molecule has 0 aromatic heterocycles. The molecule has 0 fully saturated rings. The highest BCUT2D eigenvalue weighted by Crippen LogP contribution is 2.21. The van der Waals surface area contributed by atoms with E-state index in [1.807, 2.05) is 0 Å². The highest BCUT2D eigenvalue weighted by molar-refractivity contribution is 8.00. The lowest BCUT2D eigenvalue weighted by Crippen LogP contribution is -2.43. The van der Waals surface area contributed by atoms with Gasteiger partial charge < -0.3 is 15.5 Å². The molecule has 0 aliphatic carbocycles. The van der Waals surface area contributed by atoms with Gasteiger partial charge in [-0.1, -0.05) is 0 Å². The second-order valence-corrected chi connectivity index (χ2v) is 5.31. The first-order chi connectivity index (χ1) is 8.84. The summed E-state index contributed by atoms with van der Waals surface area (Å²) >= 11 is 0.924. The minimum Gasteiger partial charge on any atom is -0.393 e. The normalized spacial score (nSPS) is 13.9. The van der Waals surface area contributed by atoms with Gasteiger partial charge in [0.15, 0.2) is 0 Å². The largest absolute Gasteiger partial charge is 0.393 e. The smallest absolute Gasteiger partial charge is 0.230 e. The van der Waals surface area contributed by atoms with Crippen molar-refractivity contribution >= 4 is 17.7 Å². The van der Waals surface area contributed by atoms with Gasteiger partial charge in [-0.2, -0.15) is 0 Å². The molecule has 0 aliphatic rings. The summed E-state index contributed by atoms with van der Waals surface area (Å²) in [6.45, 7) is 0.794. The van der Waals surface area contributed by atoms with Crippen molar-refractivity contribution in [3.8, 4) is 0 Å². The third kappa shape index (κ3) is 5.54. The first-order valence-electron chi connectivity index (χ1n) is 5.52. The van der Waals surface area contributed by atoms with Crippen LogP contribution in [0.5, 0.6) is 0 Å². The first kappa shape index (κ1) is 15.9. The number of rotatable bonds is 6. The van der Waals surface area contributed by atoms with E-state index in [-0.39, 0.29) is 17.2 Å². The molecule has 4 nitrogen and oxygen atoms in total. The van der Waals surface area contributed by atoms with Gasteiger partial charge in [-0.25, -0.2) is 8.78 Å². The number of nitrogens with one attached hydrogen (secondary N) is 1. The van der Waals surface area contributed by atoms with Crippen LogP contribution in [0.3, 0.4) is 0 Å². The van der Waals surface area contributed by atoms with Gasteiger partial charge in [-0.05, 0) is 19.1 Å². The molecule has 0 saturated heterocycles. The lowest BCUT2D eigenvalue weighted by Gasteiger charge is -2.20. The summed E-state index contributed by atoms with van der Waals surface area (Å²) < 4.78 is 25.9. The number of amides is 1. The third-order valence-corrected chi connectivity index (χ3v) is 3.31. The number of carbonyl (C=O) groups is 1. The van der Waals surface area contributed by atoms with Crippen LogP contribution in [-0.4, -0.2) is 40.6 Å². The Morgan fingerprint density at radius 2 is 2.16 bits per heavy atom. The molecule has 0 radical (unpaired) electrons. The molecule has 0 bridgehead atoms. The Bertz CT molecular complexity index is 455. The van der Waals surface area contributed by atoms with E-state index in [2.05, 4.69) is 5.32 Å². The molecular formula is C12H15F2NO3S. The second kappa shape index (κ2) is 6.83. The Kier molecular flexibility index (Phi) is 5.71. The van der Waals surface area contributed by atoms with Crippen molar-refractivity contribution in [2.45, 2.75) is 17.4 Å². The molecule has 1 aromatic rings. The topological polar surface area (TPSA) is 69.6 Å². The maximum Gasteiger partial charge on any atom is 0.230 e. The fraction of sp³-hybridized carbons (Fsp3) is 0.417. The molecule has 1 unspecified atom stereocenters. The van der Waals surface area contributed by atoms with Gasteiger partial charge in [-0.3, -0.25) is 4.79 Å². The van der Waals surface area contributed by atoms with E-state index in [1.54, 1.807) is 0 Å². The molecule has 3 N–H and O–H groups in total. The maximum atomic E-state index is 13.3. The highest BCUT2D eigenvalue weighted by atomic mass is 32.2. The second-order valence-electron chi connectivity index (χ2n) is 4.30. The molecule has 0 heterocycles. The van der Waals surface area contributed by atoms with E-state index in [9.17, 15) is 18.7 Å². The Hall–Kier alpha value is -1.18. The minimum atomic E-state index is -1.39. The predicted octanol–water partition coefficient (Wildman–Crippen LogP) is 0.916. The molecule has 1 atom stereocenters. The average molecular weight is 291 g/mol. The Morgan fingerprint density at radius 3 is 2.74 bits per heavy atom. The van der Waals surface area contributed by atoms with Crippen LogP contribution in [0.4, 0.5) is 8.78 Å². The zero-order chi connectivity index (χ0) is 14.5. The zero-order valence-corrected chi connectivity index (χ0v) is 11.1. The summed E-state index contributed by atoms with van der Waals surface area (Å²) in [5.74, 6) is -1.88. The van der Waals surface area contributed by atoms with Crippen molar-refractivity contribution in [2.75, 3.05) is 18.9 Å². The Morgan fingerprint density at radius 1 is 1.47 bits per heavy atom. The molecule has 1 aromatic carbocycles. The van der Waals surface area contributed by atoms with Gasteiger partial charge in [0.25, 0.3) is 0 Å². The van der Waals surface area contributed by atoms with Crippen molar-refractivity contribution in [3.63, 3.8) is 0 Å². The fourth-order valence-electron chi connectivity index (χ4n) is 1.13. The molecule has 1 rings (SSSR count). The van der Waals surface area contributed by atoms with Crippen molar-refractivity contribution in [2.24, 2.45) is 0 Å². The van der Waals surface area contributed by atoms with Gasteiger partial charge in [0, 0.05) is 17.5 Å². The van der Waals surface area contributed by atoms with E-state index in [1.165, 1.54) is 13.0 Å². The van der Waals surface area contributed by atoms with Gasteiger partial charge in [0.2, 0.25) is 5.91 Å². The maximum absolute atomic E-state index is 13.3. The SMILES string of the molecule is CC(O)(CO)CNC(=O)CSc1ccc(F)cc1F. The molecule has 0 aliphatic heterocycles. The number of halogens is 2. The van der Waals surface area contributed by atoms with Gasteiger partial charge in [0.05, 0.1) is 12.4 Å². The van der Waals surface area contributed by atoms with Crippen LogP contribution in [0, 0.1) is 11.6 Å². The third-order valence-electron chi connectivity index (χ3n) is 2.26. The van der Waals surface area contributed by atoms with Gasteiger partial charge in [0.1, 0.15) is 17.2 Å². The summed E-state index contributed by atoms with van der Waals surface area (Å²) in [4.78, 5) is 11.6. The molecule has 19 heavy (non-hydrogen) atoms. The van der Waals surface area contributed by atoms with Crippen molar-refractivity contribution in [1.29, 1.82) is 0 Å². The quantitative estimate of drug-likeness (QED) is 0.682. The number of benzene rings is 1. The van der Waals surface area contributed by atoms with Gasteiger partial charge >= 0.3 is 0 Å². The van der Waals surface area contributed by atoms with Crippen LogP contribution < -0.4 is 5.32 Å². The van der Waals surface area contributed by atoms with E-state index in [4.69, 9.17) is 5.11 Å². The molecule has 7 heteroatoms. The summed E-state index contributed by atoms with van der Waals surface area (Å²) in [6, 6.07) is 3.11. The summed E-state index contributed by atoms with van der Waals surface area (Å²) in [7, 11) is 0. The monoisotopic (exact) mass is 291 g/mol. The number of hydrogen-bond donors (Lipinski definition) is 3. The first-order valence-corrected chi connectivity index (χ1v) is 6.50. The van der Waals surface area contributed by atoms with Crippen molar-refractivity contribution in [1.82, 2.24) is 5.32 Å². The van der Waals surface area contributed by atoms with Crippen molar-refractivity contribution < 1.29 is 23.8 Å². The molecule has 106 valence electrons. The summed E-state index contributed by atoms with van der Waals surface area (Å²) in [5.41, 5.74) is -1.39. The van der Waals surface area contributed by atoms with Gasteiger partial charge in [-0.15, -0.1) is 11.8 Å². The number of thioether (sulfide) groups is 1.